The molecule has 0 saturated heterocycles. The number of benzene rings is 1. The summed E-state index contributed by atoms with van der Waals surface area (Å²) in [6, 6.07) is 11.2. The molecular weight excluding hydrogens is 488 g/mol. The molecule has 3 aromatic heterocycles. The van der Waals surface area contributed by atoms with Crippen LogP contribution in [-0.4, -0.2) is 51.7 Å². The van der Waals surface area contributed by atoms with Gasteiger partial charge < -0.3 is 9.47 Å². The summed E-state index contributed by atoms with van der Waals surface area (Å²) < 4.78 is 10.8. The van der Waals surface area contributed by atoms with Gasteiger partial charge in [-0.2, -0.15) is 0 Å². The molecule has 1 N–H and O–H groups in total. The molecule has 1 aromatic carbocycles. The molecule has 0 aliphatic carbocycles. The number of pyridine rings is 1. The second-order valence-electron chi connectivity index (χ2n) is 7.60. The maximum absolute atomic E-state index is 13.0. The SMILES string of the molecule is COCc1nnc(NC(=O)CN2C(=O)C(C)Oc3ccc(-c4csc(-c5ccccn5)n4)cc32)s1. The van der Waals surface area contributed by atoms with Gasteiger partial charge in [0.25, 0.3) is 5.91 Å². The Bertz CT molecular complexity index is 1370. The molecule has 0 spiro atoms. The number of fused-ring (bicyclic) bond motifs is 1. The van der Waals surface area contributed by atoms with E-state index in [0.717, 1.165) is 22.0 Å². The quantitative estimate of drug-likeness (QED) is 0.402. The van der Waals surface area contributed by atoms with E-state index < -0.39 is 12.0 Å². The van der Waals surface area contributed by atoms with Gasteiger partial charge in [0, 0.05) is 24.3 Å². The third kappa shape index (κ3) is 4.90. The summed E-state index contributed by atoms with van der Waals surface area (Å²) in [7, 11) is 1.56. The lowest BCUT2D eigenvalue weighted by atomic mass is 10.1. The number of hydrogen-bond acceptors (Lipinski definition) is 10. The van der Waals surface area contributed by atoms with Crippen LogP contribution in [0.25, 0.3) is 22.0 Å². The minimum absolute atomic E-state index is 0.196. The van der Waals surface area contributed by atoms with Gasteiger partial charge in [-0.15, -0.1) is 21.5 Å². The highest BCUT2D eigenvalue weighted by atomic mass is 32.1. The van der Waals surface area contributed by atoms with Crippen molar-refractivity contribution in [2.24, 2.45) is 0 Å². The molecule has 1 atom stereocenters. The summed E-state index contributed by atoms with van der Waals surface area (Å²) in [6.07, 6.45) is 1.01. The van der Waals surface area contributed by atoms with Crippen molar-refractivity contribution in [1.82, 2.24) is 20.2 Å². The number of methoxy groups -OCH3 is 1. The van der Waals surface area contributed by atoms with E-state index in [1.165, 1.54) is 27.6 Å². The average molecular weight is 509 g/mol. The summed E-state index contributed by atoms with van der Waals surface area (Å²) in [5.41, 5.74) is 2.84. The fourth-order valence-corrected chi connectivity index (χ4v) is 5.06. The fraction of sp³-hybridized carbons (Fsp3) is 0.217. The van der Waals surface area contributed by atoms with Crippen molar-refractivity contribution in [3.05, 3.63) is 53.0 Å². The lowest BCUT2D eigenvalue weighted by molar-refractivity contribution is -0.127. The molecule has 2 amide bonds. The van der Waals surface area contributed by atoms with Crippen molar-refractivity contribution < 1.29 is 19.1 Å². The van der Waals surface area contributed by atoms with Gasteiger partial charge in [0.05, 0.1) is 17.1 Å². The van der Waals surface area contributed by atoms with Gasteiger partial charge in [-0.3, -0.25) is 24.8 Å². The summed E-state index contributed by atoms with van der Waals surface area (Å²) in [5.74, 6) is -0.184. The van der Waals surface area contributed by atoms with E-state index in [9.17, 15) is 9.59 Å². The highest BCUT2D eigenvalue weighted by Gasteiger charge is 2.33. The number of anilines is 2. The van der Waals surface area contributed by atoms with Crippen LogP contribution < -0.4 is 15.0 Å². The van der Waals surface area contributed by atoms with E-state index in [4.69, 9.17) is 14.5 Å². The highest BCUT2D eigenvalue weighted by Crippen LogP contribution is 2.38. The van der Waals surface area contributed by atoms with Crippen LogP contribution in [0.1, 0.15) is 11.9 Å². The molecule has 0 radical (unpaired) electrons. The first-order valence-electron chi connectivity index (χ1n) is 10.6. The minimum Gasteiger partial charge on any atom is -0.479 e. The van der Waals surface area contributed by atoms with Crippen LogP contribution >= 0.6 is 22.7 Å². The number of rotatable bonds is 7. The Hall–Kier alpha value is -3.74. The predicted molar refractivity (Wildman–Crippen MR) is 132 cm³/mol. The first-order valence-corrected chi connectivity index (χ1v) is 12.3. The Labute approximate surface area is 208 Å². The van der Waals surface area contributed by atoms with Crippen molar-refractivity contribution >= 4 is 45.3 Å². The Balaban J connectivity index is 1.39. The number of nitrogens with zero attached hydrogens (tertiary/aromatic N) is 5. The molecule has 4 heterocycles. The molecule has 1 aliphatic rings. The largest absolute Gasteiger partial charge is 0.479 e. The van der Waals surface area contributed by atoms with Gasteiger partial charge in [0.15, 0.2) is 6.10 Å². The van der Waals surface area contributed by atoms with Gasteiger partial charge in [-0.1, -0.05) is 17.4 Å². The normalized spacial score (nSPS) is 15.0. The van der Waals surface area contributed by atoms with Crippen molar-refractivity contribution in [2.75, 3.05) is 23.9 Å². The monoisotopic (exact) mass is 508 g/mol. The topological polar surface area (TPSA) is 119 Å². The van der Waals surface area contributed by atoms with E-state index in [1.807, 2.05) is 35.7 Å². The van der Waals surface area contributed by atoms with Crippen LogP contribution in [0.2, 0.25) is 0 Å². The molecule has 1 unspecified atom stereocenters. The molecule has 12 heteroatoms. The number of carbonyl (C=O) groups is 2. The molecule has 35 heavy (non-hydrogen) atoms. The molecule has 1 aliphatic heterocycles. The number of carbonyl (C=O) groups excluding carboxylic acids is 2. The molecule has 0 fully saturated rings. The number of hydrogen-bond donors (Lipinski definition) is 1. The Morgan fingerprint density at radius 1 is 1.23 bits per heavy atom. The van der Waals surface area contributed by atoms with Gasteiger partial charge in [0.2, 0.25) is 11.0 Å². The number of amides is 2. The Morgan fingerprint density at radius 3 is 2.91 bits per heavy atom. The van der Waals surface area contributed by atoms with Gasteiger partial charge in [0.1, 0.15) is 28.9 Å². The summed E-state index contributed by atoms with van der Waals surface area (Å²) in [4.78, 5) is 36.2. The Morgan fingerprint density at radius 2 is 2.11 bits per heavy atom. The van der Waals surface area contributed by atoms with E-state index in [-0.39, 0.29) is 12.5 Å². The molecular formula is C23H20N6O4S2. The second-order valence-corrected chi connectivity index (χ2v) is 9.52. The van der Waals surface area contributed by atoms with Crippen LogP contribution in [0.15, 0.2) is 48.0 Å². The minimum atomic E-state index is -0.717. The van der Waals surface area contributed by atoms with E-state index >= 15 is 0 Å². The number of nitrogens with one attached hydrogen (secondary N) is 1. The number of aromatic nitrogens is 4. The van der Waals surface area contributed by atoms with E-state index in [2.05, 4.69) is 20.5 Å². The smallest absolute Gasteiger partial charge is 0.268 e. The third-order valence-electron chi connectivity index (χ3n) is 5.13. The van der Waals surface area contributed by atoms with Crippen molar-refractivity contribution in [1.29, 1.82) is 0 Å². The molecule has 178 valence electrons. The van der Waals surface area contributed by atoms with Crippen LogP contribution in [0.5, 0.6) is 5.75 Å². The van der Waals surface area contributed by atoms with Crippen LogP contribution in [0.4, 0.5) is 10.8 Å². The lowest BCUT2D eigenvalue weighted by Crippen LogP contribution is -2.47. The number of ether oxygens (including phenoxy) is 2. The summed E-state index contributed by atoms with van der Waals surface area (Å²) in [5, 5.41) is 14.3. The maximum atomic E-state index is 13.0. The molecule has 0 bridgehead atoms. The van der Waals surface area contributed by atoms with Crippen LogP contribution in [0, 0.1) is 0 Å². The average Bonchev–Trinajstić information content (AvgIpc) is 3.53. The lowest BCUT2D eigenvalue weighted by Gasteiger charge is -2.32. The van der Waals surface area contributed by atoms with Gasteiger partial charge in [-0.25, -0.2) is 4.98 Å². The molecule has 5 rings (SSSR count). The van der Waals surface area contributed by atoms with Gasteiger partial charge in [-0.05, 0) is 37.3 Å². The van der Waals surface area contributed by atoms with Gasteiger partial charge >= 0.3 is 0 Å². The zero-order valence-corrected chi connectivity index (χ0v) is 20.4. The maximum Gasteiger partial charge on any atom is 0.268 e. The predicted octanol–water partition coefficient (Wildman–Crippen LogP) is 3.62. The summed E-state index contributed by atoms with van der Waals surface area (Å²) in [6.45, 7) is 1.77. The fourth-order valence-electron chi connectivity index (χ4n) is 3.53. The van der Waals surface area contributed by atoms with Crippen molar-refractivity contribution in [3.63, 3.8) is 0 Å². The molecule has 4 aromatic rings. The zero-order valence-electron chi connectivity index (χ0n) is 18.8. The third-order valence-corrected chi connectivity index (χ3v) is 6.81. The molecule has 0 saturated carbocycles. The first-order chi connectivity index (χ1) is 17.0. The standard InChI is InChI=1S/C23H20N6O4S2/c1-13-22(31)29(10-19(30)26-23-28-27-20(35-23)11-32-2)17-9-14(6-7-18(17)33-13)16-12-34-21(25-16)15-5-3-4-8-24-15/h3-9,12-13H,10-11H2,1-2H3,(H,26,28,30). The van der Waals surface area contributed by atoms with Crippen molar-refractivity contribution in [3.8, 4) is 27.7 Å². The van der Waals surface area contributed by atoms with Crippen LogP contribution in [-0.2, 0) is 20.9 Å². The molecule has 10 nitrogen and oxygen atoms in total. The van der Waals surface area contributed by atoms with E-state index in [0.29, 0.717) is 28.2 Å². The second kappa shape index (κ2) is 9.86. The van der Waals surface area contributed by atoms with E-state index in [1.54, 1.807) is 26.3 Å². The van der Waals surface area contributed by atoms with Crippen LogP contribution in [0.3, 0.4) is 0 Å². The van der Waals surface area contributed by atoms with Crippen molar-refractivity contribution in [2.45, 2.75) is 19.6 Å². The zero-order chi connectivity index (χ0) is 24.4. The first kappa shape index (κ1) is 23.0. The highest BCUT2D eigenvalue weighted by molar-refractivity contribution is 7.15. The number of thiazole rings is 1. The Kier molecular flexibility index (Phi) is 6.49. The summed E-state index contributed by atoms with van der Waals surface area (Å²) >= 11 is 2.70.